The van der Waals surface area contributed by atoms with Crippen molar-refractivity contribution in [3.05, 3.63) is 48.4 Å². The molecule has 0 bridgehead atoms. The number of rotatable bonds is 12. The molecule has 0 radical (unpaired) electrons. The number of nitrogens with zero attached hydrogens (tertiary/aromatic N) is 2. The molecule has 1 aliphatic rings. The van der Waals surface area contributed by atoms with Gasteiger partial charge >= 0.3 is 0 Å². The van der Waals surface area contributed by atoms with Gasteiger partial charge in [0.2, 0.25) is 0 Å². The Morgan fingerprint density at radius 3 is 2.08 bits per heavy atom. The van der Waals surface area contributed by atoms with Crippen molar-refractivity contribution in [1.29, 1.82) is 0 Å². The first-order chi connectivity index (χ1) is 11.9. The van der Waals surface area contributed by atoms with Crippen LogP contribution in [-0.2, 0) is 0 Å². The highest BCUT2D eigenvalue weighted by Crippen LogP contribution is 2.19. The van der Waals surface area contributed by atoms with E-state index in [-0.39, 0.29) is 0 Å². The second kappa shape index (κ2) is 11.9. The third kappa shape index (κ3) is 7.33. The molecule has 24 heavy (non-hydrogen) atoms. The maximum Gasteiger partial charge on any atom is 0.0363 e. The molecule has 0 saturated heterocycles. The lowest BCUT2D eigenvalue weighted by molar-refractivity contribution is 0.393. The van der Waals surface area contributed by atoms with E-state index in [1.807, 2.05) is 12.4 Å². The van der Waals surface area contributed by atoms with Crippen molar-refractivity contribution < 1.29 is 0 Å². The third-order valence-electron chi connectivity index (χ3n) is 4.82. The van der Waals surface area contributed by atoms with Gasteiger partial charge in [-0.3, -0.25) is 4.98 Å². The van der Waals surface area contributed by atoms with Crippen LogP contribution in [0.1, 0.15) is 76.7 Å². The molecular formula is C22H34N2. The van der Waals surface area contributed by atoms with E-state index >= 15 is 0 Å². The Labute approximate surface area is 148 Å². The Balaban J connectivity index is 1.48. The van der Waals surface area contributed by atoms with Gasteiger partial charge in [0, 0.05) is 25.5 Å². The van der Waals surface area contributed by atoms with Crippen molar-refractivity contribution in [2.24, 2.45) is 0 Å². The van der Waals surface area contributed by atoms with E-state index in [4.69, 9.17) is 0 Å². The molecule has 0 spiro atoms. The molecule has 0 aliphatic carbocycles. The van der Waals surface area contributed by atoms with Crippen LogP contribution in [0, 0.1) is 0 Å². The fourth-order valence-corrected chi connectivity index (χ4v) is 3.26. The molecule has 2 heterocycles. The minimum atomic E-state index is 1.03. The molecule has 0 amide bonds. The summed E-state index contributed by atoms with van der Waals surface area (Å²) in [5.74, 6) is 0. The summed E-state index contributed by atoms with van der Waals surface area (Å²) in [6.45, 7) is 4.51. The molecule has 1 aliphatic heterocycles. The van der Waals surface area contributed by atoms with Gasteiger partial charge in [0.25, 0.3) is 0 Å². The fourth-order valence-electron chi connectivity index (χ4n) is 3.26. The van der Waals surface area contributed by atoms with Gasteiger partial charge in [0.1, 0.15) is 0 Å². The number of allylic oxidation sites excluding steroid dienone is 2. The van der Waals surface area contributed by atoms with Gasteiger partial charge < -0.3 is 4.90 Å². The SMILES string of the molecule is CCCCCCCCCCCCN1C=CC(c2ccncc2)=CC1. The average molecular weight is 327 g/mol. The van der Waals surface area contributed by atoms with E-state index in [1.165, 1.54) is 81.9 Å². The first kappa shape index (κ1) is 18.8. The first-order valence-corrected chi connectivity index (χ1v) is 9.93. The van der Waals surface area contributed by atoms with Crippen molar-refractivity contribution in [3.8, 4) is 0 Å². The maximum atomic E-state index is 4.08. The predicted octanol–water partition coefficient (Wildman–Crippen LogP) is 6.22. The molecule has 0 N–H and O–H groups in total. The predicted molar refractivity (Wildman–Crippen MR) is 105 cm³/mol. The Morgan fingerprint density at radius 2 is 1.50 bits per heavy atom. The van der Waals surface area contributed by atoms with Crippen LogP contribution >= 0.6 is 0 Å². The molecule has 2 heteroatoms. The van der Waals surface area contributed by atoms with E-state index in [1.54, 1.807) is 0 Å². The van der Waals surface area contributed by atoms with Crippen LogP contribution in [0.3, 0.4) is 0 Å². The normalized spacial score (nSPS) is 14.0. The summed E-state index contributed by atoms with van der Waals surface area (Å²) < 4.78 is 0. The lowest BCUT2D eigenvalue weighted by Crippen LogP contribution is -2.20. The number of hydrogen-bond acceptors (Lipinski definition) is 2. The summed E-state index contributed by atoms with van der Waals surface area (Å²) in [5.41, 5.74) is 2.58. The van der Waals surface area contributed by atoms with Crippen LogP contribution in [0.5, 0.6) is 0 Å². The minimum absolute atomic E-state index is 1.03. The minimum Gasteiger partial charge on any atom is -0.374 e. The van der Waals surface area contributed by atoms with Crippen LogP contribution in [0.4, 0.5) is 0 Å². The second-order valence-electron chi connectivity index (χ2n) is 6.89. The Morgan fingerprint density at radius 1 is 0.875 bits per heavy atom. The van der Waals surface area contributed by atoms with Crippen LogP contribution in [-0.4, -0.2) is 23.0 Å². The van der Waals surface area contributed by atoms with Crippen molar-refractivity contribution >= 4 is 5.57 Å². The molecule has 0 saturated carbocycles. The standard InChI is InChI=1S/C22H34N2/c1-2-3-4-5-6-7-8-9-10-11-18-24-19-14-22(15-20-24)21-12-16-23-17-13-21/h12-17,19H,2-11,18,20H2,1H3. The Kier molecular flexibility index (Phi) is 9.29. The fraction of sp³-hybridized carbons (Fsp3) is 0.591. The largest absolute Gasteiger partial charge is 0.374 e. The number of unbranched alkanes of at least 4 members (excludes halogenated alkanes) is 9. The molecule has 132 valence electrons. The zero-order valence-electron chi connectivity index (χ0n) is 15.4. The molecule has 0 unspecified atom stereocenters. The van der Waals surface area contributed by atoms with Gasteiger partial charge in [-0.1, -0.05) is 70.8 Å². The lowest BCUT2D eigenvalue weighted by Gasteiger charge is -2.22. The van der Waals surface area contributed by atoms with Gasteiger partial charge in [-0.25, -0.2) is 0 Å². The van der Waals surface area contributed by atoms with E-state index in [2.05, 4.69) is 47.3 Å². The van der Waals surface area contributed by atoms with Crippen molar-refractivity contribution in [3.63, 3.8) is 0 Å². The van der Waals surface area contributed by atoms with Crippen LogP contribution < -0.4 is 0 Å². The van der Waals surface area contributed by atoms with E-state index in [9.17, 15) is 0 Å². The molecule has 2 rings (SSSR count). The smallest absolute Gasteiger partial charge is 0.0363 e. The van der Waals surface area contributed by atoms with Crippen molar-refractivity contribution in [2.45, 2.75) is 71.1 Å². The van der Waals surface area contributed by atoms with Gasteiger partial charge in [0.15, 0.2) is 0 Å². The second-order valence-corrected chi connectivity index (χ2v) is 6.89. The van der Waals surface area contributed by atoms with Crippen molar-refractivity contribution in [1.82, 2.24) is 9.88 Å². The van der Waals surface area contributed by atoms with Crippen LogP contribution in [0.25, 0.3) is 5.57 Å². The van der Waals surface area contributed by atoms with E-state index in [0.717, 1.165) is 6.54 Å². The van der Waals surface area contributed by atoms with Crippen LogP contribution in [0.15, 0.2) is 42.9 Å². The highest BCUT2D eigenvalue weighted by Gasteiger charge is 2.05. The molecular weight excluding hydrogens is 292 g/mol. The van der Waals surface area contributed by atoms with Crippen LogP contribution in [0.2, 0.25) is 0 Å². The number of hydrogen-bond donors (Lipinski definition) is 0. The maximum absolute atomic E-state index is 4.08. The van der Waals surface area contributed by atoms with Gasteiger partial charge in [-0.15, -0.1) is 0 Å². The highest BCUT2D eigenvalue weighted by atomic mass is 15.1. The van der Waals surface area contributed by atoms with Gasteiger partial charge in [-0.05, 0) is 42.0 Å². The summed E-state index contributed by atoms with van der Waals surface area (Å²) >= 11 is 0. The van der Waals surface area contributed by atoms with Gasteiger partial charge in [-0.2, -0.15) is 0 Å². The summed E-state index contributed by atoms with van der Waals surface area (Å²) in [6.07, 6.45) is 24.6. The average Bonchev–Trinajstić information content (AvgIpc) is 2.64. The first-order valence-electron chi connectivity index (χ1n) is 9.93. The Hall–Kier alpha value is -1.57. The van der Waals surface area contributed by atoms with Crippen molar-refractivity contribution in [2.75, 3.05) is 13.1 Å². The number of pyridine rings is 1. The van der Waals surface area contributed by atoms with E-state index in [0.29, 0.717) is 0 Å². The zero-order valence-corrected chi connectivity index (χ0v) is 15.4. The summed E-state index contributed by atoms with van der Waals surface area (Å²) in [6, 6.07) is 4.15. The summed E-state index contributed by atoms with van der Waals surface area (Å²) in [5, 5.41) is 0. The zero-order chi connectivity index (χ0) is 16.9. The molecule has 2 nitrogen and oxygen atoms in total. The molecule has 1 aromatic heterocycles. The Bertz CT molecular complexity index is 490. The molecule has 0 atom stereocenters. The molecule has 0 aromatic carbocycles. The van der Waals surface area contributed by atoms with Gasteiger partial charge in [0.05, 0.1) is 0 Å². The molecule has 1 aromatic rings. The number of aromatic nitrogens is 1. The third-order valence-corrected chi connectivity index (χ3v) is 4.82. The summed E-state index contributed by atoms with van der Waals surface area (Å²) in [7, 11) is 0. The summed E-state index contributed by atoms with van der Waals surface area (Å²) in [4.78, 5) is 6.51. The molecule has 0 fully saturated rings. The topological polar surface area (TPSA) is 16.1 Å². The monoisotopic (exact) mass is 326 g/mol. The lowest BCUT2D eigenvalue weighted by atomic mass is 10.0. The van der Waals surface area contributed by atoms with E-state index < -0.39 is 0 Å². The quantitative estimate of drug-likeness (QED) is 0.424. The highest BCUT2D eigenvalue weighted by molar-refractivity contribution is 5.74.